The van der Waals surface area contributed by atoms with Gasteiger partial charge in [0.05, 0.1) is 12.5 Å². The molecular formula is C18H22Cl2O. The Balaban J connectivity index is 1.66. The molecule has 114 valence electrons. The molecule has 0 heterocycles. The molecule has 0 saturated heterocycles. The molecule has 0 aromatic heterocycles. The summed E-state index contributed by atoms with van der Waals surface area (Å²) in [5, 5.41) is 0.800. The number of ether oxygens (including phenoxy) is 1. The van der Waals surface area contributed by atoms with Gasteiger partial charge < -0.3 is 4.74 Å². The quantitative estimate of drug-likeness (QED) is 0.634. The lowest BCUT2D eigenvalue weighted by Gasteiger charge is -2.58. The molecule has 1 atom stereocenters. The van der Waals surface area contributed by atoms with Crippen LogP contribution in [0, 0.1) is 23.2 Å². The van der Waals surface area contributed by atoms with Crippen LogP contribution in [0.2, 0.25) is 5.02 Å². The third kappa shape index (κ3) is 2.28. The maximum Gasteiger partial charge on any atom is 0.120 e. The topological polar surface area (TPSA) is 9.23 Å². The fraction of sp³-hybridized carbons (Fsp3) is 0.667. The Hall–Kier alpha value is -0.400. The highest BCUT2D eigenvalue weighted by atomic mass is 35.5. The standard InChI is InChI=1S/C18H22Cl2O/c1-21-14-2-3-15(16(19)7-14)17(20)18-8-11-4-12(9-18)6-13(5-11)10-18/h2-3,7,11-13,17H,4-6,8-10H2,1H3. The van der Waals surface area contributed by atoms with Gasteiger partial charge in [0.15, 0.2) is 0 Å². The largest absolute Gasteiger partial charge is 0.497 e. The summed E-state index contributed by atoms with van der Waals surface area (Å²) in [7, 11) is 1.67. The first kappa shape index (κ1) is 14.2. The van der Waals surface area contributed by atoms with Crippen LogP contribution in [-0.4, -0.2) is 7.11 Å². The number of rotatable bonds is 3. The molecule has 0 spiro atoms. The van der Waals surface area contributed by atoms with E-state index in [1.165, 1.54) is 38.5 Å². The van der Waals surface area contributed by atoms with E-state index in [1.807, 2.05) is 12.1 Å². The summed E-state index contributed by atoms with van der Waals surface area (Å²) in [5.41, 5.74) is 1.38. The van der Waals surface area contributed by atoms with Crippen molar-refractivity contribution in [2.45, 2.75) is 43.9 Å². The van der Waals surface area contributed by atoms with E-state index in [9.17, 15) is 0 Å². The molecule has 0 amide bonds. The Kier molecular flexibility index (Phi) is 3.42. The van der Waals surface area contributed by atoms with Gasteiger partial charge in [0.1, 0.15) is 5.75 Å². The Morgan fingerprint density at radius 3 is 2.14 bits per heavy atom. The van der Waals surface area contributed by atoms with Crippen LogP contribution in [0.4, 0.5) is 0 Å². The molecule has 0 aliphatic heterocycles. The molecule has 4 saturated carbocycles. The van der Waals surface area contributed by atoms with Crippen molar-refractivity contribution in [2.75, 3.05) is 7.11 Å². The minimum Gasteiger partial charge on any atom is -0.497 e. The molecule has 1 unspecified atom stereocenters. The van der Waals surface area contributed by atoms with E-state index in [-0.39, 0.29) is 10.8 Å². The zero-order valence-electron chi connectivity index (χ0n) is 12.4. The van der Waals surface area contributed by atoms with Gasteiger partial charge in [-0.3, -0.25) is 0 Å². The number of alkyl halides is 1. The van der Waals surface area contributed by atoms with Crippen LogP contribution >= 0.6 is 23.2 Å². The highest BCUT2D eigenvalue weighted by Gasteiger charge is 2.54. The lowest BCUT2D eigenvalue weighted by Crippen LogP contribution is -2.47. The predicted octanol–water partition coefficient (Wildman–Crippen LogP) is 5.84. The normalized spacial score (nSPS) is 38.5. The molecule has 4 aliphatic carbocycles. The molecule has 5 rings (SSSR count). The minimum absolute atomic E-state index is 0.0457. The molecule has 4 fully saturated rings. The van der Waals surface area contributed by atoms with Gasteiger partial charge in [-0.15, -0.1) is 11.6 Å². The zero-order chi connectivity index (χ0) is 14.6. The first-order valence-corrected chi connectivity index (χ1v) is 8.88. The fourth-order valence-electron chi connectivity index (χ4n) is 5.66. The van der Waals surface area contributed by atoms with E-state index in [1.54, 1.807) is 7.11 Å². The highest BCUT2D eigenvalue weighted by molar-refractivity contribution is 6.33. The molecule has 1 nitrogen and oxygen atoms in total. The van der Waals surface area contributed by atoms with Gasteiger partial charge >= 0.3 is 0 Å². The van der Waals surface area contributed by atoms with E-state index < -0.39 is 0 Å². The summed E-state index contributed by atoms with van der Waals surface area (Å²) < 4.78 is 5.25. The number of benzene rings is 1. The van der Waals surface area contributed by atoms with Crippen LogP contribution in [0.1, 0.15) is 49.5 Å². The van der Waals surface area contributed by atoms with Crippen LogP contribution in [-0.2, 0) is 0 Å². The van der Waals surface area contributed by atoms with Crippen molar-refractivity contribution in [1.29, 1.82) is 0 Å². The van der Waals surface area contributed by atoms with Gasteiger partial charge in [0.2, 0.25) is 0 Å². The molecular weight excluding hydrogens is 303 g/mol. The van der Waals surface area contributed by atoms with Crippen LogP contribution in [0.5, 0.6) is 5.75 Å². The second kappa shape index (κ2) is 5.06. The number of methoxy groups -OCH3 is 1. The van der Waals surface area contributed by atoms with Gasteiger partial charge in [0, 0.05) is 5.02 Å². The van der Waals surface area contributed by atoms with Crippen molar-refractivity contribution in [3.05, 3.63) is 28.8 Å². The molecule has 0 N–H and O–H groups in total. The molecule has 1 aromatic rings. The van der Waals surface area contributed by atoms with Crippen molar-refractivity contribution >= 4 is 23.2 Å². The second-order valence-electron chi connectivity index (χ2n) is 7.53. The van der Waals surface area contributed by atoms with Gasteiger partial charge in [-0.05, 0) is 79.4 Å². The van der Waals surface area contributed by atoms with Crippen LogP contribution < -0.4 is 4.74 Å². The summed E-state index contributed by atoms with van der Waals surface area (Å²) >= 11 is 13.5. The van der Waals surface area contributed by atoms with E-state index in [4.69, 9.17) is 27.9 Å². The Labute approximate surface area is 137 Å². The van der Waals surface area contributed by atoms with Crippen LogP contribution in [0.15, 0.2) is 18.2 Å². The van der Waals surface area contributed by atoms with E-state index in [2.05, 4.69) is 6.07 Å². The zero-order valence-corrected chi connectivity index (χ0v) is 14.0. The third-order valence-electron chi connectivity index (χ3n) is 6.10. The number of halogens is 2. The molecule has 1 aromatic carbocycles. The highest BCUT2D eigenvalue weighted by Crippen LogP contribution is 2.65. The lowest BCUT2D eigenvalue weighted by atomic mass is 9.48. The molecule has 4 bridgehead atoms. The van der Waals surface area contributed by atoms with Gasteiger partial charge in [0.25, 0.3) is 0 Å². The molecule has 3 heteroatoms. The predicted molar refractivity (Wildman–Crippen MR) is 87.2 cm³/mol. The van der Waals surface area contributed by atoms with E-state index >= 15 is 0 Å². The summed E-state index contributed by atoms with van der Waals surface area (Å²) in [4.78, 5) is 0. The van der Waals surface area contributed by atoms with Crippen molar-refractivity contribution in [3.8, 4) is 5.75 Å². The second-order valence-corrected chi connectivity index (χ2v) is 8.37. The Morgan fingerprint density at radius 2 is 1.67 bits per heavy atom. The number of hydrogen-bond donors (Lipinski definition) is 0. The van der Waals surface area contributed by atoms with Crippen molar-refractivity contribution < 1.29 is 4.74 Å². The van der Waals surface area contributed by atoms with Gasteiger partial charge in [-0.2, -0.15) is 0 Å². The third-order valence-corrected chi connectivity index (χ3v) is 7.13. The van der Waals surface area contributed by atoms with Gasteiger partial charge in [-0.1, -0.05) is 17.7 Å². The van der Waals surface area contributed by atoms with Crippen LogP contribution in [0.3, 0.4) is 0 Å². The lowest BCUT2D eigenvalue weighted by molar-refractivity contribution is -0.0552. The van der Waals surface area contributed by atoms with E-state index in [0.29, 0.717) is 0 Å². The van der Waals surface area contributed by atoms with Gasteiger partial charge in [-0.25, -0.2) is 0 Å². The smallest absolute Gasteiger partial charge is 0.120 e. The molecule has 0 radical (unpaired) electrons. The first-order chi connectivity index (χ1) is 10.1. The average Bonchev–Trinajstić information content (AvgIpc) is 2.45. The summed E-state index contributed by atoms with van der Waals surface area (Å²) in [5.74, 6) is 3.54. The fourth-order valence-corrected chi connectivity index (χ4v) is 6.45. The Morgan fingerprint density at radius 1 is 1.10 bits per heavy atom. The summed E-state index contributed by atoms with van der Waals surface area (Å²) in [6.45, 7) is 0. The molecule has 4 aliphatic rings. The maximum absolute atomic E-state index is 7.00. The maximum atomic E-state index is 7.00. The average molecular weight is 325 g/mol. The van der Waals surface area contributed by atoms with Crippen molar-refractivity contribution in [2.24, 2.45) is 23.2 Å². The monoisotopic (exact) mass is 324 g/mol. The van der Waals surface area contributed by atoms with Crippen LogP contribution in [0.25, 0.3) is 0 Å². The summed E-state index contributed by atoms with van der Waals surface area (Å²) in [6, 6.07) is 5.95. The van der Waals surface area contributed by atoms with E-state index in [0.717, 1.165) is 34.1 Å². The number of hydrogen-bond acceptors (Lipinski definition) is 1. The Bertz CT molecular complexity index is 519. The first-order valence-electron chi connectivity index (χ1n) is 8.07. The van der Waals surface area contributed by atoms with Crippen molar-refractivity contribution in [1.82, 2.24) is 0 Å². The molecule has 21 heavy (non-hydrogen) atoms. The summed E-state index contributed by atoms with van der Waals surface area (Å²) in [6.07, 6.45) is 8.23. The van der Waals surface area contributed by atoms with Crippen molar-refractivity contribution in [3.63, 3.8) is 0 Å². The SMILES string of the molecule is COc1ccc(C(Cl)C23CC4CC(CC(C4)C2)C3)c(Cl)c1. The minimum atomic E-state index is 0.0457.